The molecule has 2 aliphatic heterocycles. The molecule has 0 amide bonds. The van der Waals surface area contributed by atoms with Crippen molar-refractivity contribution in [1.29, 1.82) is 0 Å². The van der Waals surface area contributed by atoms with Crippen molar-refractivity contribution in [2.24, 2.45) is 0 Å². The quantitative estimate of drug-likeness (QED) is 0.806. The Balaban J connectivity index is 1.93. The van der Waals surface area contributed by atoms with E-state index in [0.717, 1.165) is 23.6 Å². The van der Waals surface area contributed by atoms with Gasteiger partial charge in [-0.25, -0.2) is 0 Å². The maximum atomic E-state index is 6.72. The van der Waals surface area contributed by atoms with Gasteiger partial charge in [0.25, 0.3) is 0 Å². The molecule has 124 valence electrons. The molecule has 3 heteroatoms. The van der Waals surface area contributed by atoms with Gasteiger partial charge in [-0.3, -0.25) is 0 Å². The molecule has 0 fully saturated rings. The van der Waals surface area contributed by atoms with Gasteiger partial charge in [-0.05, 0) is 50.6 Å². The van der Waals surface area contributed by atoms with Crippen LogP contribution < -0.4 is 14.4 Å². The third-order valence-corrected chi connectivity index (χ3v) is 5.46. The van der Waals surface area contributed by atoms with Gasteiger partial charge < -0.3 is 14.4 Å². The minimum Gasteiger partial charge on any atom is -0.493 e. The Morgan fingerprint density at radius 1 is 1.08 bits per heavy atom. The van der Waals surface area contributed by atoms with Gasteiger partial charge in [0.1, 0.15) is 0 Å². The van der Waals surface area contributed by atoms with Gasteiger partial charge in [0, 0.05) is 17.8 Å². The maximum absolute atomic E-state index is 6.72. The summed E-state index contributed by atoms with van der Waals surface area (Å²) in [5.74, 6) is 1.60. The number of ether oxygens (including phenoxy) is 2. The van der Waals surface area contributed by atoms with Crippen LogP contribution in [0.2, 0.25) is 0 Å². The Morgan fingerprint density at radius 2 is 1.88 bits per heavy atom. The molecule has 0 radical (unpaired) electrons. The largest absolute Gasteiger partial charge is 0.493 e. The molecule has 0 N–H and O–H groups in total. The molecule has 2 heterocycles. The van der Waals surface area contributed by atoms with E-state index in [2.05, 4.69) is 68.2 Å². The van der Waals surface area contributed by atoms with Crippen LogP contribution in [0.5, 0.6) is 11.5 Å². The predicted molar refractivity (Wildman–Crippen MR) is 97.9 cm³/mol. The highest BCUT2D eigenvalue weighted by atomic mass is 16.5. The second-order valence-corrected chi connectivity index (χ2v) is 6.90. The molecule has 0 saturated carbocycles. The fraction of sp³-hybridized carbons (Fsp3) is 0.333. The van der Waals surface area contributed by atoms with Gasteiger partial charge in [0.05, 0.1) is 12.5 Å². The molecule has 3 nitrogen and oxygen atoms in total. The number of para-hydroxylation sites is 2. The van der Waals surface area contributed by atoms with E-state index >= 15 is 0 Å². The smallest absolute Gasteiger partial charge is 0.212 e. The topological polar surface area (TPSA) is 21.7 Å². The predicted octanol–water partition coefficient (Wildman–Crippen LogP) is 4.61. The van der Waals surface area contributed by atoms with E-state index in [4.69, 9.17) is 9.47 Å². The number of hydrogen-bond acceptors (Lipinski definition) is 3. The first-order valence-electron chi connectivity index (χ1n) is 8.47. The molecular formula is C21H23NO2. The first-order chi connectivity index (χ1) is 11.5. The summed E-state index contributed by atoms with van der Waals surface area (Å²) in [6, 6.07) is 14.6. The first kappa shape index (κ1) is 15.1. The van der Waals surface area contributed by atoms with Crippen LogP contribution in [0.1, 0.15) is 31.9 Å². The number of hydrogen-bond donors (Lipinski definition) is 0. The van der Waals surface area contributed by atoms with Gasteiger partial charge in [-0.2, -0.15) is 0 Å². The van der Waals surface area contributed by atoms with Crippen LogP contribution in [0.25, 0.3) is 6.08 Å². The highest BCUT2D eigenvalue weighted by Crippen LogP contribution is 2.55. The van der Waals surface area contributed by atoms with Crippen LogP contribution in [0.15, 0.2) is 48.5 Å². The Kier molecular flexibility index (Phi) is 3.17. The number of likely N-dealkylation sites (N-methyl/N-ethyl adjacent to an activating group) is 1. The minimum absolute atomic E-state index is 0.186. The van der Waals surface area contributed by atoms with E-state index in [1.165, 1.54) is 11.3 Å². The molecular weight excluding hydrogens is 298 g/mol. The zero-order valence-electron chi connectivity index (χ0n) is 14.7. The molecule has 0 bridgehead atoms. The van der Waals surface area contributed by atoms with Crippen LogP contribution in [-0.2, 0) is 5.41 Å². The van der Waals surface area contributed by atoms with E-state index in [0.29, 0.717) is 0 Å². The molecule has 2 aromatic carbocycles. The van der Waals surface area contributed by atoms with Crippen LogP contribution in [0.4, 0.5) is 5.69 Å². The van der Waals surface area contributed by atoms with Crippen molar-refractivity contribution in [3.8, 4) is 11.5 Å². The van der Waals surface area contributed by atoms with Gasteiger partial charge in [-0.1, -0.05) is 30.3 Å². The summed E-state index contributed by atoms with van der Waals surface area (Å²) in [5, 5.41) is 0. The number of fused-ring (bicyclic) bond motifs is 2. The lowest BCUT2D eigenvalue weighted by Crippen LogP contribution is -2.59. The van der Waals surface area contributed by atoms with E-state index in [-0.39, 0.29) is 5.41 Å². The second kappa shape index (κ2) is 5.04. The van der Waals surface area contributed by atoms with Crippen molar-refractivity contribution in [3.05, 3.63) is 59.7 Å². The molecule has 4 rings (SSSR count). The SMILES string of the molecule is CCN1c2ccccc2C(C)(C)C12C=Cc1cccc(OC)c1O2. The lowest BCUT2D eigenvalue weighted by molar-refractivity contribution is 0.0515. The first-order valence-corrected chi connectivity index (χ1v) is 8.47. The fourth-order valence-corrected chi connectivity index (χ4v) is 4.16. The highest BCUT2D eigenvalue weighted by molar-refractivity contribution is 5.73. The van der Waals surface area contributed by atoms with Crippen molar-refractivity contribution >= 4 is 11.8 Å². The van der Waals surface area contributed by atoms with Crippen LogP contribution in [0.3, 0.4) is 0 Å². The van der Waals surface area contributed by atoms with E-state index in [1.54, 1.807) is 7.11 Å². The summed E-state index contributed by atoms with van der Waals surface area (Å²) < 4.78 is 12.3. The lowest BCUT2D eigenvalue weighted by atomic mass is 9.76. The number of rotatable bonds is 2. The third kappa shape index (κ3) is 1.73. The van der Waals surface area contributed by atoms with Crippen molar-refractivity contribution in [1.82, 2.24) is 0 Å². The van der Waals surface area contributed by atoms with Gasteiger partial charge in [0.15, 0.2) is 11.5 Å². The van der Waals surface area contributed by atoms with Crippen molar-refractivity contribution in [3.63, 3.8) is 0 Å². The number of methoxy groups -OCH3 is 1. The molecule has 24 heavy (non-hydrogen) atoms. The summed E-state index contributed by atoms with van der Waals surface area (Å²) in [6.45, 7) is 7.56. The number of nitrogens with zero attached hydrogens (tertiary/aromatic N) is 1. The average molecular weight is 321 g/mol. The number of benzene rings is 2. The third-order valence-electron chi connectivity index (χ3n) is 5.46. The molecule has 2 aliphatic rings. The van der Waals surface area contributed by atoms with Gasteiger partial charge in [-0.15, -0.1) is 0 Å². The summed E-state index contributed by atoms with van der Waals surface area (Å²) >= 11 is 0. The average Bonchev–Trinajstić information content (AvgIpc) is 2.79. The normalized spacial score (nSPS) is 22.9. The standard InChI is InChI=1S/C21H23NO2/c1-5-22-17-11-7-6-10-16(17)20(2,3)21(22)14-13-15-9-8-12-18(23-4)19(15)24-21/h6-14H,5H2,1-4H3. The van der Waals surface area contributed by atoms with Crippen LogP contribution in [0, 0.1) is 0 Å². The molecule has 0 saturated heterocycles. The van der Waals surface area contributed by atoms with Crippen molar-refractivity contribution in [2.45, 2.75) is 31.9 Å². The van der Waals surface area contributed by atoms with E-state index < -0.39 is 5.72 Å². The molecule has 2 aromatic rings. The van der Waals surface area contributed by atoms with Crippen molar-refractivity contribution in [2.75, 3.05) is 18.6 Å². The lowest BCUT2D eigenvalue weighted by Gasteiger charge is -2.47. The highest BCUT2D eigenvalue weighted by Gasteiger charge is 2.58. The molecule has 0 aliphatic carbocycles. The van der Waals surface area contributed by atoms with Crippen molar-refractivity contribution < 1.29 is 9.47 Å². The van der Waals surface area contributed by atoms with E-state index in [9.17, 15) is 0 Å². The minimum atomic E-state index is -0.549. The summed E-state index contributed by atoms with van der Waals surface area (Å²) in [6.07, 6.45) is 4.37. The molecule has 1 unspecified atom stereocenters. The Labute approximate surface area is 143 Å². The van der Waals surface area contributed by atoms with Crippen LogP contribution in [-0.4, -0.2) is 19.4 Å². The zero-order chi connectivity index (χ0) is 16.9. The second-order valence-electron chi connectivity index (χ2n) is 6.90. The number of anilines is 1. The van der Waals surface area contributed by atoms with Crippen LogP contribution >= 0.6 is 0 Å². The maximum Gasteiger partial charge on any atom is 0.212 e. The summed E-state index contributed by atoms with van der Waals surface area (Å²) in [7, 11) is 1.69. The molecule has 1 atom stereocenters. The fourth-order valence-electron chi connectivity index (χ4n) is 4.16. The zero-order valence-corrected chi connectivity index (χ0v) is 14.7. The Hall–Kier alpha value is -2.42. The summed E-state index contributed by atoms with van der Waals surface area (Å²) in [5.41, 5.74) is 2.88. The Bertz CT molecular complexity index is 824. The van der Waals surface area contributed by atoms with Gasteiger partial charge >= 0.3 is 0 Å². The summed E-state index contributed by atoms with van der Waals surface area (Å²) in [4.78, 5) is 2.36. The van der Waals surface area contributed by atoms with E-state index in [1.807, 2.05) is 12.1 Å². The molecule has 0 aromatic heterocycles. The molecule has 1 spiro atoms. The monoisotopic (exact) mass is 321 g/mol. The van der Waals surface area contributed by atoms with Gasteiger partial charge in [0.2, 0.25) is 5.72 Å². The Morgan fingerprint density at radius 3 is 2.62 bits per heavy atom.